The van der Waals surface area contributed by atoms with Gasteiger partial charge < -0.3 is 15.2 Å². The fraction of sp³-hybridized carbons (Fsp3) is 0.579. The second-order valence-electron chi connectivity index (χ2n) is 5.93. The summed E-state index contributed by atoms with van der Waals surface area (Å²) < 4.78 is 4.53. The molecule has 1 atom stereocenters. The monoisotopic (exact) mass is 335 g/mol. The van der Waals surface area contributed by atoms with Crippen molar-refractivity contribution < 1.29 is 19.4 Å². The molecule has 5 heteroatoms. The molecule has 1 aromatic carbocycles. The predicted molar refractivity (Wildman–Crippen MR) is 94.0 cm³/mol. The largest absolute Gasteiger partial charge is 0.469 e. The maximum atomic E-state index is 12.0. The average Bonchev–Trinajstić information content (AvgIpc) is 2.61. The van der Waals surface area contributed by atoms with Crippen LogP contribution in [0.2, 0.25) is 0 Å². The van der Waals surface area contributed by atoms with Crippen molar-refractivity contribution in [2.45, 2.75) is 51.4 Å². The Hall–Kier alpha value is -1.88. The molecule has 0 bridgehead atoms. The zero-order valence-electron chi connectivity index (χ0n) is 14.7. The lowest BCUT2D eigenvalue weighted by Crippen LogP contribution is -2.26. The quantitative estimate of drug-likeness (QED) is 0.481. The Morgan fingerprint density at radius 1 is 1.17 bits per heavy atom. The molecule has 0 fully saturated rings. The summed E-state index contributed by atoms with van der Waals surface area (Å²) in [6, 6.07) is 7.32. The van der Waals surface area contributed by atoms with Gasteiger partial charge in [0.1, 0.15) is 0 Å². The fourth-order valence-corrected chi connectivity index (χ4v) is 2.57. The number of aliphatic hydroxyl groups is 1. The lowest BCUT2D eigenvalue weighted by Gasteiger charge is -2.15. The van der Waals surface area contributed by atoms with Crippen LogP contribution < -0.4 is 5.32 Å². The summed E-state index contributed by atoms with van der Waals surface area (Å²) in [5, 5.41) is 12.3. The van der Waals surface area contributed by atoms with Gasteiger partial charge >= 0.3 is 5.97 Å². The molecular weight excluding hydrogens is 306 g/mol. The number of nitrogens with one attached hydrogen (secondary N) is 1. The smallest absolute Gasteiger partial charge is 0.307 e. The first-order valence-corrected chi connectivity index (χ1v) is 8.68. The Morgan fingerprint density at radius 3 is 2.46 bits per heavy atom. The second kappa shape index (κ2) is 11.6. The van der Waals surface area contributed by atoms with E-state index in [-0.39, 0.29) is 37.4 Å². The number of rotatable bonds is 11. The van der Waals surface area contributed by atoms with Crippen LogP contribution in [0.5, 0.6) is 0 Å². The summed E-state index contributed by atoms with van der Waals surface area (Å²) in [5.41, 5.74) is 1.60. The minimum absolute atomic E-state index is 0.122. The molecule has 0 aliphatic heterocycles. The van der Waals surface area contributed by atoms with Gasteiger partial charge in [-0.3, -0.25) is 9.59 Å². The van der Waals surface area contributed by atoms with Gasteiger partial charge in [-0.25, -0.2) is 0 Å². The van der Waals surface area contributed by atoms with Crippen molar-refractivity contribution in [3.8, 4) is 0 Å². The van der Waals surface area contributed by atoms with Crippen LogP contribution in [0.3, 0.4) is 0 Å². The van der Waals surface area contributed by atoms with E-state index < -0.39 is 0 Å². The van der Waals surface area contributed by atoms with Gasteiger partial charge in [-0.2, -0.15) is 0 Å². The predicted octanol–water partition coefficient (Wildman–Crippen LogP) is 3.03. The number of carbonyl (C=O) groups is 2. The molecule has 0 saturated heterocycles. The molecule has 0 aliphatic rings. The molecule has 0 aliphatic carbocycles. The highest BCUT2D eigenvalue weighted by atomic mass is 16.5. The normalized spacial score (nSPS) is 11.8. The molecule has 0 saturated carbocycles. The molecule has 24 heavy (non-hydrogen) atoms. The number of hydrogen-bond donors (Lipinski definition) is 2. The van der Waals surface area contributed by atoms with E-state index in [1.54, 1.807) is 12.1 Å². The van der Waals surface area contributed by atoms with Gasteiger partial charge in [-0.05, 0) is 24.1 Å². The number of amides is 1. The van der Waals surface area contributed by atoms with Crippen LogP contribution >= 0.6 is 0 Å². The highest BCUT2D eigenvalue weighted by Gasteiger charge is 2.12. The van der Waals surface area contributed by atoms with Gasteiger partial charge in [0.2, 0.25) is 0 Å². The van der Waals surface area contributed by atoms with Gasteiger partial charge in [0.25, 0.3) is 5.91 Å². The van der Waals surface area contributed by atoms with E-state index in [1.807, 2.05) is 12.1 Å². The molecule has 134 valence electrons. The topological polar surface area (TPSA) is 75.6 Å². The van der Waals surface area contributed by atoms with E-state index in [1.165, 1.54) is 26.4 Å². The molecule has 1 unspecified atom stereocenters. The third-order valence-corrected chi connectivity index (χ3v) is 4.11. The summed E-state index contributed by atoms with van der Waals surface area (Å²) in [7, 11) is 1.32. The molecular formula is C19H29NO4. The van der Waals surface area contributed by atoms with E-state index in [2.05, 4.69) is 17.0 Å². The minimum Gasteiger partial charge on any atom is -0.469 e. The van der Waals surface area contributed by atoms with Crippen molar-refractivity contribution in [1.29, 1.82) is 0 Å². The Labute approximate surface area is 144 Å². The molecule has 0 aromatic heterocycles. The zero-order valence-corrected chi connectivity index (χ0v) is 14.7. The molecule has 0 spiro atoms. The Balaban J connectivity index is 2.50. The summed E-state index contributed by atoms with van der Waals surface area (Å²) in [6.07, 6.45) is 5.83. The van der Waals surface area contributed by atoms with Gasteiger partial charge in [-0.15, -0.1) is 0 Å². The van der Waals surface area contributed by atoms with Crippen molar-refractivity contribution in [3.63, 3.8) is 0 Å². The number of carbonyl (C=O) groups excluding carboxylic acids is 2. The first-order chi connectivity index (χ1) is 11.6. The van der Waals surface area contributed by atoms with E-state index in [0.29, 0.717) is 5.56 Å². The van der Waals surface area contributed by atoms with Gasteiger partial charge in [0, 0.05) is 24.6 Å². The maximum Gasteiger partial charge on any atom is 0.307 e. The lowest BCUT2D eigenvalue weighted by atomic mass is 9.93. The first-order valence-electron chi connectivity index (χ1n) is 8.68. The van der Waals surface area contributed by atoms with Crippen LogP contribution in [0.25, 0.3) is 0 Å². The van der Waals surface area contributed by atoms with Crippen molar-refractivity contribution in [1.82, 2.24) is 5.32 Å². The molecule has 1 aromatic rings. The van der Waals surface area contributed by atoms with Crippen LogP contribution in [0.15, 0.2) is 24.3 Å². The zero-order chi connectivity index (χ0) is 17.8. The van der Waals surface area contributed by atoms with Crippen LogP contribution in [-0.4, -0.2) is 37.2 Å². The maximum absolute atomic E-state index is 12.0. The van der Waals surface area contributed by atoms with E-state index in [4.69, 9.17) is 0 Å². The number of methoxy groups -OCH3 is 1. The minimum atomic E-state index is -0.348. The summed E-state index contributed by atoms with van der Waals surface area (Å²) in [4.78, 5) is 23.0. The summed E-state index contributed by atoms with van der Waals surface area (Å²) in [6.45, 7) is 2.55. The molecule has 0 radical (unpaired) electrons. The number of unbranched alkanes of at least 4 members (excludes halogenated alkanes) is 3. The van der Waals surface area contributed by atoms with E-state index in [0.717, 1.165) is 18.4 Å². The van der Waals surface area contributed by atoms with Gasteiger partial charge in [0.05, 0.1) is 13.5 Å². The molecule has 2 N–H and O–H groups in total. The number of ether oxygens (including phenoxy) is 1. The van der Waals surface area contributed by atoms with Crippen LogP contribution in [0, 0.1) is 0 Å². The first kappa shape index (κ1) is 20.2. The fourth-order valence-electron chi connectivity index (χ4n) is 2.57. The van der Waals surface area contributed by atoms with Crippen LogP contribution in [0.1, 0.15) is 67.3 Å². The van der Waals surface area contributed by atoms with Crippen molar-refractivity contribution in [3.05, 3.63) is 35.4 Å². The number of esters is 1. The highest BCUT2D eigenvalue weighted by molar-refractivity contribution is 5.94. The van der Waals surface area contributed by atoms with Crippen molar-refractivity contribution in [2.75, 3.05) is 20.3 Å². The standard InChI is InChI=1S/C19H29NO4/c1-3-4-5-6-7-17(14-21)15-8-10-16(11-9-15)19(23)20-13-12-18(22)24-2/h8-11,17,21H,3-7,12-14H2,1-2H3,(H,20,23). The highest BCUT2D eigenvalue weighted by Crippen LogP contribution is 2.22. The van der Waals surface area contributed by atoms with Crippen molar-refractivity contribution in [2.24, 2.45) is 0 Å². The molecule has 0 heterocycles. The Morgan fingerprint density at radius 2 is 1.88 bits per heavy atom. The van der Waals surface area contributed by atoms with Gasteiger partial charge in [-0.1, -0.05) is 44.7 Å². The third-order valence-electron chi connectivity index (χ3n) is 4.11. The summed E-state index contributed by atoms with van der Waals surface area (Å²) >= 11 is 0. The van der Waals surface area contributed by atoms with E-state index >= 15 is 0 Å². The molecule has 5 nitrogen and oxygen atoms in total. The van der Waals surface area contributed by atoms with Crippen LogP contribution in [-0.2, 0) is 9.53 Å². The lowest BCUT2D eigenvalue weighted by molar-refractivity contribution is -0.140. The van der Waals surface area contributed by atoms with Crippen molar-refractivity contribution >= 4 is 11.9 Å². The average molecular weight is 335 g/mol. The third kappa shape index (κ3) is 7.13. The number of aliphatic hydroxyl groups excluding tert-OH is 1. The summed E-state index contributed by atoms with van der Waals surface area (Å²) in [5.74, 6) is -0.438. The Bertz CT molecular complexity index is 499. The molecule has 1 rings (SSSR count). The molecule has 1 amide bonds. The SMILES string of the molecule is CCCCCCC(CO)c1ccc(C(=O)NCCC(=O)OC)cc1. The second-order valence-corrected chi connectivity index (χ2v) is 5.93. The number of hydrogen-bond acceptors (Lipinski definition) is 4. The number of benzene rings is 1. The Kier molecular flexibility index (Phi) is 9.77. The van der Waals surface area contributed by atoms with Crippen LogP contribution in [0.4, 0.5) is 0 Å². The van der Waals surface area contributed by atoms with E-state index in [9.17, 15) is 14.7 Å². The van der Waals surface area contributed by atoms with Gasteiger partial charge in [0.15, 0.2) is 0 Å².